The molecule has 2 rings (SSSR count). The van der Waals surface area contributed by atoms with E-state index in [0.717, 1.165) is 0 Å². The van der Waals surface area contributed by atoms with Crippen LogP contribution in [0, 0.1) is 27.7 Å². The van der Waals surface area contributed by atoms with Crippen LogP contribution in [0.1, 0.15) is 16.8 Å². The van der Waals surface area contributed by atoms with Gasteiger partial charge in [0.2, 0.25) is 5.82 Å². The van der Waals surface area contributed by atoms with Gasteiger partial charge in [0.15, 0.2) is 0 Å². The Labute approximate surface area is 119 Å². The Bertz CT molecular complexity index is 580. The number of amides is 1. The van der Waals surface area contributed by atoms with Crippen molar-refractivity contribution in [2.75, 3.05) is 26.8 Å². The second kappa shape index (κ2) is 6.13. The molecule has 1 unspecified atom stereocenters. The van der Waals surface area contributed by atoms with Crippen LogP contribution in [0.25, 0.3) is 0 Å². The summed E-state index contributed by atoms with van der Waals surface area (Å²) in [5, 5.41) is 10.7. The molecule has 0 spiro atoms. The maximum Gasteiger partial charge on any atom is 0.308 e. The van der Waals surface area contributed by atoms with Crippen LogP contribution < -0.4 is 0 Å². The van der Waals surface area contributed by atoms with Gasteiger partial charge in [0.25, 0.3) is 5.91 Å². The summed E-state index contributed by atoms with van der Waals surface area (Å²) in [7, 11) is 1.54. The molecule has 1 saturated heterocycles. The van der Waals surface area contributed by atoms with Gasteiger partial charge in [0.1, 0.15) is 5.82 Å². The van der Waals surface area contributed by atoms with Gasteiger partial charge in [0.05, 0.1) is 23.2 Å². The molecule has 0 N–H and O–H groups in total. The third-order valence-electron chi connectivity index (χ3n) is 3.42. The Hall–Kier alpha value is -2.09. The normalized spacial score (nSPS) is 18.0. The summed E-state index contributed by atoms with van der Waals surface area (Å²) < 4.78 is 32.3. The van der Waals surface area contributed by atoms with Crippen molar-refractivity contribution in [1.82, 2.24) is 4.90 Å². The number of nitro benzene ring substituents is 1. The molecule has 0 radical (unpaired) electrons. The maximum absolute atomic E-state index is 14.0. The smallest absolute Gasteiger partial charge is 0.308 e. The van der Waals surface area contributed by atoms with E-state index in [-0.39, 0.29) is 5.92 Å². The van der Waals surface area contributed by atoms with E-state index >= 15 is 0 Å². The van der Waals surface area contributed by atoms with Gasteiger partial charge in [-0.05, 0) is 12.5 Å². The van der Waals surface area contributed by atoms with Crippen LogP contribution in [0.5, 0.6) is 0 Å². The summed E-state index contributed by atoms with van der Waals surface area (Å²) in [6, 6.07) is 1.15. The number of halogens is 2. The van der Waals surface area contributed by atoms with E-state index in [1.54, 1.807) is 7.11 Å². The van der Waals surface area contributed by atoms with E-state index in [1.165, 1.54) is 4.90 Å². The monoisotopic (exact) mass is 300 g/mol. The van der Waals surface area contributed by atoms with Gasteiger partial charge in [0, 0.05) is 26.1 Å². The van der Waals surface area contributed by atoms with Crippen molar-refractivity contribution in [3.05, 3.63) is 39.4 Å². The predicted molar refractivity (Wildman–Crippen MR) is 68.9 cm³/mol. The molecule has 1 aliphatic heterocycles. The summed E-state index contributed by atoms with van der Waals surface area (Å²) in [5.41, 5.74) is -1.65. The maximum atomic E-state index is 14.0. The number of ether oxygens (including phenoxy) is 1. The third-order valence-corrected chi connectivity index (χ3v) is 3.42. The van der Waals surface area contributed by atoms with Crippen LogP contribution >= 0.6 is 0 Å². The van der Waals surface area contributed by atoms with Crippen LogP contribution in [0.4, 0.5) is 14.5 Å². The van der Waals surface area contributed by atoms with Gasteiger partial charge < -0.3 is 9.64 Å². The number of methoxy groups -OCH3 is 1. The van der Waals surface area contributed by atoms with Crippen molar-refractivity contribution < 1.29 is 23.2 Å². The first-order valence-electron chi connectivity index (χ1n) is 6.35. The Kier molecular flexibility index (Phi) is 4.46. The molecule has 0 aromatic heterocycles. The highest BCUT2D eigenvalue weighted by molar-refractivity contribution is 5.95. The lowest BCUT2D eigenvalue weighted by Gasteiger charge is -2.17. The highest BCUT2D eigenvalue weighted by Gasteiger charge is 2.31. The van der Waals surface area contributed by atoms with Crippen molar-refractivity contribution in [3.8, 4) is 0 Å². The van der Waals surface area contributed by atoms with Gasteiger partial charge in [-0.3, -0.25) is 14.9 Å². The molecule has 1 atom stereocenters. The average Bonchev–Trinajstić information content (AvgIpc) is 2.89. The molecule has 1 aromatic carbocycles. The van der Waals surface area contributed by atoms with Crippen molar-refractivity contribution in [2.24, 2.45) is 5.92 Å². The number of likely N-dealkylation sites (tertiary alicyclic amines) is 1. The molecule has 0 bridgehead atoms. The lowest BCUT2D eigenvalue weighted by atomic mass is 10.1. The summed E-state index contributed by atoms with van der Waals surface area (Å²) in [6.07, 6.45) is 0.693. The summed E-state index contributed by atoms with van der Waals surface area (Å²) in [4.78, 5) is 23.2. The first-order chi connectivity index (χ1) is 9.93. The quantitative estimate of drug-likeness (QED) is 0.629. The fourth-order valence-electron chi connectivity index (χ4n) is 2.42. The third kappa shape index (κ3) is 3.15. The Morgan fingerprint density at radius 1 is 1.52 bits per heavy atom. The number of carbonyl (C=O) groups excluding carboxylic acids is 1. The van der Waals surface area contributed by atoms with E-state index in [2.05, 4.69) is 0 Å². The summed E-state index contributed by atoms with van der Waals surface area (Å²) in [6.45, 7) is 1.21. The van der Waals surface area contributed by atoms with E-state index < -0.39 is 33.7 Å². The lowest BCUT2D eigenvalue weighted by molar-refractivity contribution is -0.387. The zero-order valence-electron chi connectivity index (χ0n) is 11.3. The fraction of sp³-hybridized carbons (Fsp3) is 0.462. The second-order valence-electron chi connectivity index (χ2n) is 4.90. The summed E-state index contributed by atoms with van der Waals surface area (Å²) >= 11 is 0. The zero-order valence-corrected chi connectivity index (χ0v) is 11.3. The standard InChI is InChI=1S/C13H14F2N2O4/c1-21-7-8-2-3-16(6-8)13(18)10-4-9(14)5-11(12(10)15)17(19)20/h4-5,8H,2-3,6-7H2,1H3. The molecule has 1 heterocycles. The molecule has 1 aliphatic rings. The van der Waals surface area contributed by atoms with E-state index in [9.17, 15) is 23.7 Å². The van der Waals surface area contributed by atoms with Crippen LogP contribution in [0.2, 0.25) is 0 Å². The van der Waals surface area contributed by atoms with Crippen LogP contribution in [-0.4, -0.2) is 42.5 Å². The minimum atomic E-state index is -1.30. The first-order valence-corrected chi connectivity index (χ1v) is 6.35. The molecule has 1 fully saturated rings. The lowest BCUT2D eigenvalue weighted by Crippen LogP contribution is -2.30. The predicted octanol–water partition coefficient (Wildman–Crippen LogP) is 1.98. The SMILES string of the molecule is COCC1CCN(C(=O)c2cc(F)cc([N+](=O)[O-])c2F)C1. The number of carbonyl (C=O) groups is 1. The molecule has 0 aliphatic carbocycles. The molecule has 114 valence electrons. The van der Waals surface area contributed by atoms with Crippen LogP contribution in [0.15, 0.2) is 12.1 Å². The number of hydrogen-bond donors (Lipinski definition) is 0. The second-order valence-corrected chi connectivity index (χ2v) is 4.90. The van der Waals surface area contributed by atoms with E-state index in [0.29, 0.717) is 38.2 Å². The Morgan fingerprint density at radius 2 is 2.24 bits per heavy atom. The van der Waals surface area contributed by atoms with Gasteiger partial charge in [-0.2, -0.15) is 4.39 Å². The van der Waals surface area contributed by atoms with Gasteiger partial charge in [-0.25, -0.2) is 4.39 Å². The molecule has 1 amide bonds. The van der Waals surface area contributed by atoms with Gasteiger partial charge >= 0.3 is 5.69 Å². The Balaban J connectivity index is 2.26. The Morgan fingerprint density at radius 3 is 2.86 bits per heavy atom. The minimum Gasteiger partial charge on any atom is -0.384 e. The number of nitrogens with zero attached hydrogens (tertiary/aromatic N) is 2. The molecular weight excluding hydrogens is 286 g/mol. The molecule has 21 heavy (non-hydrogen) atoms. The van der Waals surface area contributed by atoms with Crippen molar-refractivity contribution >= 4 is 11.6 Å². The number of hydrogen-bond acceptors (Lipinski definition) is 4. The first kappa shape index (κ1) is 15.3. The molecule has 1 aromatic rings. The zero-order chi connectivity index (χ0) is 15.6. The topological polar surface area (TPSA) is 72.7 Å². The highest BCUT2D eigenvalue weighted by atomic mass is 19.1. The highest BCUT2D eigenvalue weighted by Crippen LogP contribution is 2.25. The molecular formula is C13H14F2N2O4. The van der Waals surface area contributed by atoms with Crippen molar-refractivity contribution in [2.45, 2.75) is 6.42 Å². The average molecular weight is 300 g/mol. The van der Waals surface area contributed by atoms with Crippen LogP contribution in [0.3, 0.4) is 0 Å². The van der Waals surface area contributed by atoms with E-state index in [4.69, 9.17) is 4.74 Å². The number of nitro groups is 1. The van der Waals surface area contributed by atoms with Crippen molar-refractivity contribution in [3.63, 3.8) is 0 Å². The van der Waals surface area contributed by atoms with Crippen LogP contribution in [-0.2, 0) is 4.74 Å². The number of rotatable bonds is 4. The molecule has 6 nitrogen and oxygen atoms in total. The van der Waals surface area contributed by atoms with Gasteiger partial charge in [-0.15, -0.1) is 0 Å². The number of benzene rings is 1. The van der Waals surface area contributed by atoms with E-state index in [1.807, 2.05) is 0 Å². The largest absolute Gasteiger partial charge is 0.384 e. The molecule has 0 saturated carbocycles. The summed E-state index contributed by atoms with van der Waals surface area (Å²) in [5.74, 6) is -2.93. The van der Waals surface area contributed by atoms with Gasteiger partial charge in [-0.1, -0.05) is 0 Å². The minimum absolute atomic E-state index is 0.130. The molecule has 8 heteroatoms. The fourth-order valence-corrected chi connectivity index (χ4v) is 2.42. The van der Waals surface area contributed by atoms with Crippen molar-refractivity contribution in [1.29, 1.82) is 0 Å².